The molecule has 0 amide bonds. The van der Waals surface area contributed by atoms with Gasteiger partial charge in [-0.15, -0.1) is 0 Å². The van der Waals surface area contributed by atoms with E-state index in [1.165, 1.54) is 0 Å². The molecule has 0 fully saturated rings. The van der Waals surface area contributed by atoms with Gasteiger partial charge in [0, 0.05) is 24.8 Å². The van der Waals surface area contributed by atoms with Crippen LogP contribution in [0.2, 0.25) is 0 Å². The van der Waals surface area contributed by atoms with E-state index < -0.39 is 36.4 Å². The number of hydrogen-bond acceptors (Lipinski definition) is 7. The molecule has 14 heavy (non-hydrogen) atoms. The van der Waals surface area contributed by atoms with E-state index in [-0.39, 0.29) is 17.1 Å². The first-order valence-electron chi connectivity index (χ1n) is 3.11. The van der Waals surface area contributed by atoms with Crippen LogP contribution in [-0.2, 0) is 31.5 Å². The quantitative estimate of drug-likeness (QED) is 0.474. The van der Waals surface area contributed by atoms with Gasteiger partial charge in [0.05, 0.1) is 5.97 Å². The van der Waals surface area contributed by atoms with Crippen LogP contribution in [-0.4, -0.2) is 28.6 Å². The molecule has 0 rings (SSSR count). The minimum atomic E-state index is -2.97. The topological polar surface area (TPSA) is 141 Å². The van der Waals surface area contributed by atoms with E-state index in [0.29, 0.717) is 0 Å². The van der Waals surface area contributed by atoms with Crippen molar-refractivity contribution in [1.29, 1.82) is 0 Å². The summed E-state index contributed by atoms with van der Waals surface area (Å²) in [7, 11) is 0. The summed E-state index contributed by atoms with van der Waals surface area (Å²) in [4.78, 5) is 30.0. The van der Waals surface area contributed by atoms with Crippen LogP contribution in [0.5, 0.6) is 0 Å². The first-order chi connectivity index (χ1) is 5.78. The summed E-state index contributed by atoms with van der Waals surface area (Å²) in [6, 6.07) is 0. The van der Waals surface area contributed by atoms with Crippen LogP contribution in [0.3, 0.4) is 0 Å². The van der Waals surface area contributed by atoms with E-state index in [2.05, 4.69) is 0 Å². The zero-order valence-corrected chi connectivity index (χ0v) is 7.77. The molecule has 0 heterocycles. The third-order valence-electron chi connectivity index (χ3n) is 1.25. The van der Waals surface area contributed by atoms with Gasteiger partial charge in [0.2, 0.25) is 0 Å². The Morgan fingerprint density at radius 3 is 1.43 bits per heavy atom. The van der Waals surface area contributed by atoms with Gasteiger partial charge in [-0.1, -0.05) is 0 Å². The summed E-state index contributed by atoms with van der Waals surface area (Å²) in [5.41, 5.74) is -2.97. The molecule has 0 aromatic rings. The van der Waals surface area contributed by atoms with Crippen molar-refractivity contribution in [3.8, 4) is 0 Å². The van der Waals surface area contributed by atoms with Crippen molar-refractivity contribution in [3.05, 3.63) is 0 Å². The Kier molecular flexibility index (Phi) is 6.13. The number of carboxylic acid groups (broad SMARTS) is 3. The number of hydrogen-bond donors (Lipinski definition) is 1. The molecule has 0 aliphatic rings. The Labute approximate surface area is 88.8 Å². The number of carboxylic acids is 3. The molecule has 0 aromatic heterocycles. The van der Waals surface area contributed by atoms with Crippen molar-refractivity contribution in [1.82, 2.24) is 0 Å². The van der Waals surface area contributed by atoms with Gasteiger partial charge in [-0.3, -0.25) is 0 Å². The fourth-order valence-corrected chi connectivity index (χ4v) is 0.684. The maximum atomic E-state index is 10.1. The van der Waals surface area contributed by atoms with Gasteiger partial charge in [-0.2, -0.15) is 0 Å². The Hall–Kier alpha value is -1.11. The van der Waals surface area contributed by atoms with Crippen molar-refractivity contribution >= 4 is 17.9 Å². The Bertz CT molecular complexity index is 233. The summed E-state index contributed by atoms with van der Waals surface area (Å²) in [5, 5.41) is 38.9. The van der Waals surface area contributed by atoms with E-state index in [9.17, 15) is 29.7 Å². The van der Waals surface area contributed by atoms with E-state index >= 15 is 0 Å². The van der Waals surface area contributed by atoms with E-state index in [4.69, 9.17) is 5.11 Å². The summed E-state index contributed by atoms with van der Waals surface area (Å²) in [6.07, 6.45) is -2.72. The smallest absolute Gasteiger partial charge is 0.550 e. The van der Waals surface area contributed by atoms with Crippen LogP contribution >= 0.6 is 0 Å². The van der Waals surface area contributed by atoms with Gasteiger partial charge in [0.1, 0.15) is 5.60 Å². The molecule has 0 unspecified atom stereocenters. The Morgan fingerprint density at radius 1 is 1.00 bits per heavy atom. The fraction of sp³-hybridized carbons (Fsp3) is 0.500. The van der Waals surface area contributed by atoms with E-state index in [1.807, 2.05) is 0 Å². The summed E-state index contributed by atoms with van der Waals surface area (Å²) >= 11 is 0. The molecule has 0 saturated heterocycles. The number of aliphatic hydroxyl groups is 1. The SMILES string of the molecule is O=C([O-])CC(O)(CC(=O)[O-])C(=O)[O-].[52Fe+3]. The molecule has 1 radical (unpaired) electrons. The first-order valence-corrected chi connectivity index (χ1v) is 3.11. The normalized spacial score (nSPS) is 10.1. The molecule has 0 spiro atoms. The van der Waals surface area contributed by atoms with Gasteiger partial charge >= 0.3 is 17.1 Å². The number of carbonyl (C=O) groups is 3. The zero-order valence-electron chi connectivity index (χ0n) is 6.66. The third kappa shape index (κ3) is 4.80. The fourth-order valence-electron chi connectivity index (χ4n) is 0.684. The molecule has 0 aromatic carbocycles. The molecule has 0 atom stereocenters. The van der Waals surface area contributed by atoms with Crippen LogP contribution < -0.4 is 15.3 Å². The minimum Gasteiger partial charge on any atom is -0.550 e. The molecule has 0 saturated carbocycles. The summed E-state index contributed by atoms with van der Waals surface area (Å²) in [6.45, 7) is 0. The second-order valence-corrected chi connectivity index (χ2v) is 2.42. The maximum Gasteiger partial charge on any atom is 3.00 e. The standard InChI is InChI=1S/C6H8O7.Fe/c7-3(8)1-6(13,5(11)12)2-4(9)10;/h13H,1-2H2,(H,7,8)(H,9,10)(H,11,12);/q;+3/p-3/i;1-4. The molecule has 0 aliphatic carbocycles. The molecule has 79 valence electrons. The second-order valence-electron chi connectivity index (χ2n) is 2.42. The van der Waals surface area contributed by atoms with Crippen molar-refractivity contribution < 1.29 is 51.9 Å². The van der Waals surface area contributed by atoms with Crippen molar-refractivity contribution in [2.45, 2.75) is 18.4 Å². The molecule has 0 aliphatic heterocycles. The molecule has 8 heteroatoms. The van der Waals surface area contributed by atoms with Crippen LogP contribution in [0.15, 0.2) is 0 Å². The Morgan fingerprint density at radius 2 is 1.29 bits per heavy atom. The molecular formula is C6H5FeO7. The van der Waals surface area contributed by atoms with Gasteiger partial charge < -0.3 is 34.8 Å². The molecule has 7 nitrogen and oxygen atoms in total. The van der Waals surface area contributed by atoms with Crippen molar-refractivity contribution in [2.24, 2.45) is 0 Å². The largest absolute Gasteiger partial charge is 3.00 e. The predicted molar refractivity (Wildman–Crippen MR) is 29.2 cm³/mol. The van der Waals surface area contributed by atoms with Gasteiger partial charge in [0.25, 0.3) is 0 Å². The third-order valence-corrected chi connectivity index (χ3v) is 1.25. The number of rotatable bonds is 5. The zero-order chi connectivity index (χ0) is 10.6. The number of carbonyl (C=O) groups excluding carboxylic acids is 3. The first kappa shape index (κ1) is 15.4. The van der Waals surface area contributed by atoms with Gasteiger partial charge in [0.15, 0.2) is 0 Å². The summed E-state index contributed by atoms with van der Waals surface area (Å²) < 4.78 is 0. The number of aliphatic carboxylic acids is 3. The molecule has 0 bridgehead atoms. The average Bonchev–Trinajstić information content (AvgIpc) is 1.82. The second kappa shape index (κ2) is 5.58. The maximum absolute atomic E-state index is 10.1. The van der Waals surface area contributed by atoms with Crippen LogP contribution in [0.25, 0.3) is 0 Å². The Balaban J connectivity index is 0. The predicted octanol–water partition coefficient (Wildman–Crippen LogP) is -5.26. The molecule has 1 N–H and O–H groups in total. The average molecular weight is 241 g/mol. The summed E-state index contributed by atoms with van der Waals surface area (Å²) in [5.74, 6) is -5.98. The minimum absolute atomic E-state index is 0. The van der Waals surface area contributed by atoms with Gasteiger partial charge in [-0.25, -0.2) is 0 Å². The van der Waals surface area contributed by atoms with E-state index in [1.54, 1.807) is 0 Å². The van der Waals surface area contributed by atoms with E-state index in [0.717, 1.165) is 0 Å². The van der Waals surface area contributed by atoms with Crippen LogP contribution in [0.1, 0.15) is 12.8 Å². The van der Waals surface area contributed by atoms with Crippen molar-refractivity contribution in [2.75, 3.05) is 0 Å². The van der Waals surface area contributed by atoms with Gasteiger partial charge in [-0.05, 0) is 0 Å². The van der Waals surface area contributed by atoms with Crippen molar-refractivity contribution in [3.63, 3.8) is 0 Å². The monoisotopic (exact) mass is 241 g/mol. The molecular weight excluding hydrogens is 236 g/mol. The van der Waals surface area contributed by atoms with Crippen LogP contribution in [0.4, 0.5) is 0 Å². The van der Waals surface area contributed by atoms with Crippen LogP contribution in [0, 0.1) is 0 Å².